The predicted molar refractivity (Wildman–Crippen MR) is 104 cm³/mol. The van der Waals surface area contributed by atoms with E-state index in [1.165, 1.54) is 0 Å². The standard InChI is InChI=1S/C20H29N3O5/c1-4-13(2)17(12-24)21-18(25)11-16-19(26)23(20(27)22-16)10-9-14-5-7-15(28-3)8-6-14/h5-8,13,16-17,24H,4,9-12H2,1-3H3,(H,21,25)(H,22,27)/t13-,16+,17+/m0/s1. The second-order valence-electron chi connectivity index (χ2n) is 7.04. The zero-order chi connectivity index (χ0) is 20.7. The number of nitrogens with zero attached hydrogens (tertiary/aromatic N) is 1. The van der Waals surface area contributed by atoms with Gasteiger partial charge in [0.1, 0.15) is 11.8 Å². The maximum Gasteiger partial charge on any atom is 0.324 e. The Labute approximate surface area is 165 Å². The first kappa shape index (κ1) is 21.7. The van der Waals surface area contributed by atoms with Crippen LogP contribution >= 0.6 is 0 Å². The fourth-order valence-electron chi connectivity index (χ4n) is 3.06. The van der Waals surface area contributed by atoms with E-state index in [0.29, 0.717) is 6.42 Å². The molecule has 0 spiro atoms. The minimum Gasteiger partial charge on any atom is -0.497 e. The molecular weight excluding hydrogens is 362 g/mol. The molecule has 28 heavy (non-hydrogen) atoms. The first-order valence-electron chi connectivity index (χ1n) is 9.54. The fourth-order valence-corrected chi connectivity index (χ4v) is 3.06. The summed E-state index contributed by atoms with van der Waals surface area (Å²) in [6, 6.07) is 5.68. The lowest BCUT2D eigenvalue weighted by Gasteiger charge is -2.22. The van der Waals surface area contributed by atoms with E-state index in [1.807, 2.05) is 38.1 Å². The largest absolute Gasteiger partial charge is 0.497 e. The number of ether oxygens (including phenoxy) is 1. The van der Waals surface area contributed by atoms with Gasteiger partial charge in [-0.2, -0.15) is 0 Å². The Bertz CT molecular complexity index is 692. The molecule has 0 aromatic heterocycles. The van der Waals surface area contributed by atoms with Crippen molar-refractivity contribution in [2.45, 2.75) is 45.2 Å². The molecule has 4 amide bonds. The second kappa shape index (κ2) is 10.1. The van der Waals surface area contributed by atoms with Crippen LogP contribution in [0.15, 0.2) is 24.3 Å². The van der Waals surface area contributed by atoms with Crippen LogP contribution in [0.25, 0.3) is 0 Å². The number of benzene rings is 1. The molecule has 1 aromatic carbocycles. The van der Waals surface area contributed by atoms with Crippen LogP contribution in [-0.2, 0) is 16.0 Å². The maximum absolute atomic E-state index is 12.5. The number of carbonyl (C=O) groups is 3. The summed E-state index contributed by atoms with van der Waals surface area (Å²) in [7, 11) is 1.59. The fraction of sp³-hybridized carbons (Fsp3) is 0.550. The molecule has 1 aliphatic heterocycles. The van der Waals surface area contributed by atoms with Crippen LogP contribution in [0.1, 0.15) is 32.3 Å². The van der Waals surface area contributed by atoms with Crippen molar-refractivity contribution >= 4 is 17.8 Å². The first-order chi connectivity index (χ1) is 13.4. The second-order valence-corrected chi connectivity index (χ2v) is 7.04. The summed E-state index contributed by atoms with van der Waals surface area (Å²) in [4.78, 5) is 38.0. The van der Waals surface area contributed by atoms with Gasteiger partial charge < -0.3 is 20.5 Å². The average Bonchev–Trinajstić information content (AvgIpc) is 2.96. The van der Waals surface area contributed by atoms with Crippen molar-refractivity contribution in [2.75, 3.05) is 20.3 Å². The molecule has 0 radical (unpaired) electrons. The van der Waals surface area contributed by atoms with Crippen molar-refractivity contribution in [3.05, 3.63) is 29.8 Å². The molecule has 0 unspecified atom stereocenters. The lowest BCUT2D eigenvalue weighted by Crippen LogP contribution is -2.45. The summed E-state index contributed by atoms with van der Waals surface area (Å²) in [6.07, 6.45) is 1.18. The number of methoxy groups -OCH3 is 1. The van der Waals surface area contributed by atoms with E-state index in [-0.39, 0.29) is 37.4 Å². The number of urea groups is 1. The van der Waals surface area contributed by atoms with Crippen molar-refractivity contribution in [2.24, 2.45) is 5.92 Å². The van der Waals surface area contributed by atoms with E-state index in [4.69, 9.17) is 4.74 Å². The highest BCUT2D eigenvalue weighted by Gasteiger charge is 2.39. The van der Waals surface area contributed by atoms with E-state index in [0.717, 1.165) is 22.6 Å². The molecule has 1 fully saturated rings. The molecule has 8 nitrogen and oxygen atoms in total. The van der Waals surface area contributed by atoms with Crippen LogP contribution in [0.3, 0.4) is 0 Å². The minimum atomic E-state index is -0.875. The number of amides is 4. The minimum absolute atomic E-state index is 0.115. The van der Waals surface area contributed by atoms with E-state index >= 15 is 0 Å². The van der Waals surface area contributed by atoms with Gasteiger partial charge >= 0.3 is 6.03 Å². The van der Waals surface area contributed by atoms with Crippen molar-refractivity contribution in [1.29, 1.82) is 0 Å². The molecule has 1 aliphatic rings. The normalized spacial score (nSPS) is 18.6. The van der Waals surface area contributed by atoms with Crippen molar-refractivity contribution in [1.82, 2.24) is 15.5 Å². The summed E-state index contributed by atoms with van der Waals surface area (Å²) >= 11 is 0. The summed E-state index contributed by atoms with van der Waals surface area (Å²) in [5, 5.41) is 14.7. The van der Waals surface area contributed by atoms with Crippen LogP contribution in [0.2, 0.25) is 0 Å². The van der Waals surface area contributed by atoms with Gasteiger partial charge in [-0.05, 0) is 30.0 Å². The molecule has 2 rings (SSSR count). The number of imide groups is 1. The van der Waals surface area contributed by atoms with Crippen LogP contribution in [0, 0.1) is 5.92 Å². The zero-order valence-electron chi connectivity index (χ0n) is 16.6. The highest BCUT2D eigenvalue weighted by atomic mass is 16.5. The number of hydrogen-bond donors (Lipinski definition) is 3. The van der Waals surface area contributed by atoms with Crippen molar-refractivity contribution < 1.29 is 24.2 Å². The number of hydrogen-bond acceptors (Lipinski definition) is 5. The van der Waals surface area contributed by atoms with Gasteiger partial charge in [-0.3, -0.25) is 14.5 Å². The Morgan fingerprint density at radius 2 is 2.00 bits per heavy atom. The summed E-state index contributed by atoms with van der Waals surface area (Å²) < 4.78 is 5.11. The SMILES string of the molecule is CC[C@H](C)[C@@H](CO)NC(=O)C[C@H]1NC(=O)N(CCc2ccc(OC)cc2)C1=O. The van der Waals surface area contributed by atoms with Gasteiger partial charge in [0.2, 0.25) is 5.91 Å². The number of nitrogens with one attached hydrogen (secondary N) is 2. The zero-order valence-corrected chi connectivity index (χ0v) is 16.6. The quantitative estimate of drug-likeness (QED) is 0.517. The maximum atomic E-state index is 12.5. The van der Waals surface area contributed by atoms with E-state index in [1.54, 1.807) is 7.11 Å². The smallest absolute Gasteiger partial charge is 0.324 e. The van der Waals surface area contributed by atoms with Gasteiger partial charge in [-0.15, -0.1) is 0 Å². The molecule has 3 atom stereocenters. The van der Waals surface area contributed by atoms with Gasteiger partial charge in [0, 0.05) is 6.54 Å². The topological polar surface area (TPSA) is 108 Å². The average molecular weight is 391 g/mol. The monoisotopic (exact) mass is 391 g/mol. The molecule has 154 valence electrons. The molecule has 1 saturated heterocycles. The number of aliphatic hydroxyl groups is 1. The van der Waals surface area contributed by atoms with Gasteiger partial charge in [-0.25, -0.2) is 4.79 Å². The van der Waals surface area contributed by atoms with Gasteiger partial charge in [-0.1, -0.05) is 32.4 Å². The van der Waals surface area contributed by atoms with Crippen molar-refractivity contribution in [3.8, 4) is 5.75 Å². The molecule has 1 heterocycles. The van der Waals surface area contributed by atoms with Crippen LogP contribution in [0.4, 0.5) is 4.79 Å². The lowest BCUT2D eigenvalue weighted by molar-refractivity contribution is -0.131. The van der Waals surface area contributed by atoms with E-state index in [9.17, 15) is 19.5 Å². The molecule has 3 N–H and O–H groups in total. The van der Waals surface area contributed by atoms with Crippen LogP contribution in [-0.4, -0.2) is 60.2 Å². The Hall–Kier alpha value is -2.61. The molecular formula is C20H29N3O5. The number of aliphatic hydroxyl groups excluding tert-OH is 1. The third kappa shape index (κ3) is 5.45. The Morgan fingerprint density at radius 3 is 2.57 bits per heavy atom. The molecule has 0 saturated carbocycles. The lowest BCUT2D eigenvalue weighted by atomic mass is 9.99. The Morgan fingerprint density at radius 1 is 1.32 bits per heavy atom. The first-order valence-corrected chi connectivity index (χ1v) is 9.54. The third-order valence-corrected chi connectivity index (χ3v) is 5.15. The number of carbonyl (C=O) groups excluding carboxylic acids is 3. The van der Waals surface area contributed by atoms with Gasteiger partial charge in [0.15, 0.2) is 0 Å². The van der Waals surface area contributed by atoms with Crippen LogP contribution < -0.4 is 15.4 Å². The molecule has 0 aliphatic carbocycles. The highest BCUT2D eigenvalue weighted by Crippen LogP contribution is 2.15. The third-order valence-electron chi connectivity index (χ3n) is 5.15. The predicted octanol–water partition coefficient (Wildman–Crippen LogP) is 1.07. The summed E-state index contributed by atoms with van der Waals surface area (Å²) in [5.74, 6) is 0.0833. The highest BCUT2D eigenvalue weighted by molar-refractivity contribution is 6.05. The van der Waals surface area contributed by atoms with Gasteiger partial charge in [0.05, 0.1) is 26.2 Å². The molecule has 8 heteroatoms. The van der Waals surface area contributed by atoms with Gasteiger partial charge in [0.25, 0.3) is 5.91 Å². The molecule has 1 aromatic rings. The van der Waals surface area contributed by atoms with Crippen molar-refractivity contribution in [3.63, 3.8) is 0 Å². The van der Waals surface area contributed by atoms with E-state index in [2.05, 4.69) is 10.6 Å². The summed E-state index contributed by atoms with van der Waals surface area (Å²) in [6.45, 7) is 3.98. The van der Waals surface area contributed by atoms with E-state index < -0.39 is 18.0 Å². The summed E-state index contributed by atoms with van der Waals surface area (Å²) in [5.41, 5.74) is 0.974. The van der Waals surface area contributed by atoms with Crippen LogP contribution in [0.5, 0.6) is 5.75 Å². The Balaban J connectivity index is 1.88. The number of rotatable bonds is 10. The Kier molecular flexibility index (Phi) is 7.80. The molecule has 0 bridgehead atoms.